The van der Waals surface area contributed by atoms with Crippen molar-refractivity contribution in [1.29, 1.82) is 0 Å². The minimum atomic E-state index is 0.0378. The summed E-state index contributed by atoms with van der Waals surface area (Å²) in [6.45, 7) is 1.90. The van der Waals surface area contributed by atoms with E-state index in [2.05, 4.69) is 38.4 Å². The number of nitrogens with zero attached hydrogens (tertiary/aromatic N) is 1. The molecule has 1 aliphatic carbocycles. The quantitative estimate of drug-likeness (QED) is 0.868. The molecule has 17 heavy (non-hydrogen) atoms. The minimum absolute atomic E-state index is 0.0378. The van der Waals surface area contributed by atoms with Crippen LogP contribution in [-0.4, -0.2) is 10.9 Å². The number of amides is 1. The molecule has 3 nitrogen and oxygen atoms in total. The third kappa shape index (κ3) is 3.40. The van der Waals surface area contributed by atoms with Gasteiger partial charge in [0.25, 0.3) is 0 Å². The highest BCUT2D eigenvalue weighted by molar-refractivity contribution is 9.10. The second-order valence-electron chi connectivity index (χ2n) is 4.28. The molecule has 4 heteroatoms. The van der Waals surface area contributed by atoms with Crippen LogP contribution in [-0.2, 0) is 4.79 Å². The highest BCUT2D eigenvalue weighted by Crippen LogP contribution is 2.21. The van der Waals surface area contributed by atoms with Gasteiger partial charge in [-0.15, -0.1) is 0 Å². The van der Waals surface area contributed by atoms with Gasteiger partial charge >= 0.3 is 0 Å². The fraction of sp³-hybridized carbons (Fsp3) is 0.385. The summed E-state index contributed by atoms with van der Waals surface area (Å²) >= 11 is 3.38. The van der Waals surface area contributed by atoms with Crippen molar-refractivity contribution in [2.75, 3.05) is 5.32 Å². The molecule has 0 radical (unpaired) electrons. The first-order valence-corrected chi connectivity index (χ1v) is 6.54. The van der Waals surface area contributed by atoms with Crippen LogP contribution >= 0.6 is 15.9 Å². The fourth-order valence-corrected chi connectivity index (χ4v) is 2.13. The van der Waals surface area contributed by atoms with E-state index in [0.29, 0.717) is 18.2 Å². The molecule has 0 bridgehead atoms. The van der Waals surface area contributed by atoms with Crippen LogP contribution in [0.3, 0.4) is 0 Å². The predicted octanol–water partition coefficient (Wildman–Crippen LogP) is 3.45. The minimum Gasteiger partial charge on any atom is -0.311 e. The number of carbonyl (C=O) groups is 1. The molecule has 0 saturated heterocycles. The number of carbonyl (C=O) groups excluding carboxylic acids is 1. The molecule has 1 heterocycles. The van der Waals surface area contributed by atoms with E-state index in [0.717, 1.165) is 23.0 Å². The summed E-state index contributed by atoms with van der Waals surface area (Å²) < 4.78 is 0.953. The van der Waals surface area contributed by atoms with E-state index in [-0.39, 0.29) is 5.91 Å². The molecule has 0 aliphatic heterocycles. The second kappa shape index (κ2) is 5.45. The summed E-state index contributed by atoms with van der Waals surface area (Å²) in [5.41, 5.74) is 0.878. The third-order valence-electron chi connectivity index (χ3n) is 2.85. The normalized spacial score (nSPS) is 18.4. The van der Waals surface area contributed by atoms with Gasteiger partial charge in [0.15, 0.2) is 0 Å². The zero-order valence-electron chi connectivity index (χ0n) is 9.74. The number of halogens is 1. The molecular formula is C13H15BrN2O. The van der Waals surface area contributed by atoms with E-state index in [9.17, 15) is 4.79 Å². The van der Waals surface area contributed by atoms with Crippen LogP contribution in [0.4, 0.5) is 5.82 Å². The number of nitrogens with one attached hydrogen (secondary N) is 1. The van der Waals surface area contributed by atoms with Crippen molar-refractivity contribution in [1.82, 2.24) is 4.98 Å². The second-order valence-corrected chi connectivity index (χ2v) is 5.14. The number of anilines is 1. The number of aryl methyl sites for hydroxylation is 1. The Balaban J connectivity index is 1.93. The highest BCUT2D eigenvalue weighted by atomic mass is 79.9. The number of hydrogen-bond donors (Lipinski definition) is 1. The van der Waals surface area contributed by atoms with E-state index in [1.54, 1.807) is 6.07 Å². The molecule has 0 spiro atoms. The molecule has 1 atom stereocenters. The zero-order chi connectivity index (χ0) is 12.3. The Bertz CT molecular complexity index is 457. The Kier molecular flexibility index (Phi) is 3.94. The van der Waals surface area contributed by atoms with E-state index in [4.69, 9.17) is 0 Å². The fourth-order valence-electron chi connectivity index (χ4n) is 1.91. The molecule has 1 aliphatic rings. The van der Waals surface area contributed by atoms with Crippen molar-refractivity contribution < 1.29 is 4.79 Å². The molecule has 2 rings (SSSR count). The van der Waals surface area contributed by atoms with E-state index in [1.807, 2.05) is 13.0 Å². The first-order valence-electron chi connectivity index (χ1n) is 5.75. The predicted molar refractivity (Wildman–Crippen MR) is 71.8 cm³/mol. The highest BCUT2D eigenvalue weighted by Gasteiger charge is 2.14. The van der Waals surface area contributed by atoms with Gasteiger partial charge in [-0.25, -0.2) is 4.98 Å². The summed E-state index contributed by atoms with van der Waals surface area (Å²) in [6, 6.07) is 3.70. The van der Waals surface area contributed by atoms with Gasteiger partial charge in [0, 0.05) is 10.9 Å². The molecule has 1 aromatic heterocycles. The molecule has 90 valence electrons. The summed E-state index contributed by atoms with van der Waals surface area (Å²) in [6.07, 6.45) is 6.99. The third-order valence-corrected chi connectivity index (χ3v) is 3.69. The number of aromatic nitrogens is 1. The largest absolute Gasteiger partial charge is 0.311 e. The first kappa shape index (κ1) is 12.3. The van der Waals surface area contributed by atoms with Crippen molar-refractivity contribution >= 4 is 27.7 Å². The molecule has 1 N–H and O–H groups in total. The Labute approximate surface area is 109 Å². The topological polar surface area (TPSA) is 42.0 Å². The standard InChI is InChI=1S/C13H15BrN2O/c1-9-11(14)6-7-12(15-9)16-13(17)8-10-4-2-3-5-10/h2,4,6-7,10H,3,5,8H2,1H3,(H,15,16,17). The van der Waals surface area contributed by atoms with Crippen LogP contribution in [0.5, 0.6) is 0 Å². The number of rotatable bonds is 3. The van der Waals surface area contributed by atoms with Crippen LogP contribution in [0.1, 0.15) is 25.0 Å². The van der Waals surface area contributed by atoms with Gasteiger partial charge in [0.2, 0.25) is 5.91 Å². The van der Waals surface area contributed by atoms with E-state index < -0.39 is 0 Å². The van der Waals surface area contributed by atoms with Gasteiger partial charge in [-0.05, 0) is 53.7 Å². The molecule has 0 saturated carbocycles. The lowest BCUT2D eigenvalue weighted by Gasteiger charge is -2.09. The van der Waals surface area contributed by atoms with Gasteiger partial charge in [0.1, 0.15) is 5.82 Å². The van der Waals surface area contributed by atoms with Crippen LogP contribution < -0.4 is 5.32 Å². The maximum atomic E-state index is 11.8. The Morgan fingerprint density at radius 3 is 3.06 bits per heavy atom. The number of pyridine rings is 1. The van der Waals surface area contributed by atoms with Crippen molar-refractivity contribution in [3.8, 4) is 0 Å². The molecule has 1 aromatic rings. The summed E-state index contributed by atoms with van der Waals surface area (Å²) in [4.78, 5) is 16.1. The molecular weight excluding hydrogens is 280 g/mol. The monoisotopic (exact) mass is 294 g/mol. The van der Waals surface area contributed by atoms with Crippen molar-refractivity contribution in [3.05, 3.63) is 34.5 Å². The molecule has 1 amide bonds. The lowest BCUT2D eigenvalue weighted by atomic mass is 10.1. The van der Waals surface area contributed by atoms with E-state index in [1.165, 1.54) is 0 Å². The zero-order valence-corrected chi connectivity index (χ0v) is 11.3. The van der Waals surface area contributed by atoms with Gasteiger partial charge in [-0.2, -0.15) is 0 Å². The maximum absolute atomic E-state index is 11.8. The molecule has 0 fully saturated rings. The van der Waals surface area contributed by atoms with Crippen LogP contribution in [0.25, 0.3) is 0 Å². The van der Waals surface area contributed by atoms with Crippen molar-refractivity contribution in [3.63, 3.8) is 0 Å². The average molecular weight is 295 g/mol. The average Bonchev–Trinajstić information content (AvgIpc) is 2.76. The number of hydrogen-bond acceptors (Lipinski definition) is 2. The smallest absolute Gasteiger partial charge is 0.226 e. The Hall–Kier alpha value is -1.16. The van der Waals surface area contributed by atoms with Gasteiger partial charge in [-0.1, -0.05) is 12.2 Å². The summed E-state index contributed by atoms with van der Waals surface area (Å²) in [7, 11) is 0. The lowest BCUT2D eigenvalue weighted by molar-refractivity contribution is -0.116. The van der Waals surface area contributed by atoms with Crippen LogP contribution in [0.2, 0.25) is 0 Å². The van der Waals surface area contributed by atoms with Gasteiger partial charge < -0.3 is 5.32 Å². The summed E-state index contributed by atoms with van der Waals surface area (Å²) in [5.74, 6) is 1.06. The molecule has 1 unspecified atom stereocenters. The summed E-state index contributed by atoms with van der Waals surface area (Å²) in [5, 5.41) is 2.83. The maximum Gasteiger partial charge on any atom is 0.226 e. The van der Waals surface area contributed by atoms with E-state index >= 15 is 0 Å². The first-order chi connectivity index (χ1) is 8.15. The van der Waals surface area contributed by atoms with Gasteiger partial charge in [-0.3, -0.25) is 4.79 Å². The van der Waals surface area contributed by atoms with Crippen molar-refractivity contribution in [2.45, 2.75) is 26.2 Å². The number of allylic oxidation sites excluding steroid dienone is 2. The van der Waals surface area contributed by atoms with Crippen molar-refractivity contribution in [2.24, 2.45) is 5.92 Å². The van der Waals surface area contributed by atoms with Crippen LogP contribution in [0.15, 0.2) is 28.8 Å². The SMILES string of the molecule is Cc1nc(NC(=O)CC2C=CCC2)ccc1Br. The Morgan fingerprint density at radius 2 is 2.41 bits per heavy atom. The van der Waals surface area contributed by atoms with Crippen LogP contribution in [0, 0.1) is 12.8 Å². The Morgan fingerprint density at radius 1 is 1.59 bits per heavy atom. The molecule has 0 aromatic carbocycles. The lowest BCUT2D eigenvalue weighted by Crippen LogP contribution is -2.15. The van der Waals surface area contributed by atoms with Gasteiger partial charge in [0.05, 0.1) is 5.69 Å².